The number of aliphatic hydroxyl groups excluding tert-OH is 1. The lowest BCUT2D eigenvalue weighted by Gasteiger charge is -2.24. The number of ether oxygens (including phenoxy) is 1. The maximum atomic E-state index is 12.2. The number of benzene rings is 1. The smallest absolute Gasteiger partial charge is 0.387 e. The van der Waals surface area contributed by atoms with Gasteiger partial charge in [0.15, 0.2) is 0 Å². The van der Waals surface area contributed by atoms with Gasteiger partial charge in [-0.25, -0.2) is 0 Å². The van der Waals surface area contributed by atoms with Crippen molar-refractivity contribution in [3.05, 3.63) is 29.8 Å². The fourth-order valence-electron chi connectivity index (χ4n) is 2.78. The third-order valence-electron chi connectivity index (χ3n) is 4.35. The van der Waals surface area contributed by atoms with E-state index in [1.165, 1.54) is 12.1 Å². The highest BCUT2D eigenvalue weighted by atomic mass is 19.3. The van der Waals surface area contributed by atoms with Crippen molar-refractivity contribution in [3.8, 4) is 5.75 Å². The Bertz CT molecular complexity index is 538. The number of amides is 1. The molecule has 3 atom stereocenters. The number of halogens is 2. The maximum Gasteiger partial charge on any atom is 0.387 e. The number of hydrogen-bond acceptors (Lipinski definition) is 4. The Kier molecular flexibility index (Phi) is 9.51. The van der Waals surface area contributed by atoms with Crippen LogP contribution >= 0.6 is 0 Å². The van der Waals surface area contributed by atoms with Gasteiger partial charge in [0.05, 0.1) is 6.10 Å². The van der Waals surface area contributed by atoms with Gasteiger partial charge in [-0.05, 0) is 42.9 Å². The summed E-state index contributed by atoms with van der Waals surface area (Å²) in [5, 5.41) is 13.0. The van der Waals surface area contributed by atoms with Gasteiger partial charge in [0.25, 0.3) is 0 Å². The number of nitrogens with two attached hydrogens (primary N) is 1. The molecular formula is C19H30F2N2O3. The number of carbonyl (C=O) groups excluding carboxylic acids is 1. The van der Waals surface area contributed by atoms with E-state index >= 15 is 0 Å². The molecular weight excluding hydrogens is 342 g/mol. The van der Waals surface area contributed by atoms with Crippen LogP contribution in [0.25, 0.3) is 0 Å². The Morgan fingerprint density at radius 2 is 1.85 bits per heavy atom. The molecule has 4 N–H and O–H groups in total. The highest BCUT2D eigenvalue weighted by Crippen LogP contribution is 2.21. The first-order valence-corrected chi connectivity index (χ1v) is 8.91. The molecule has 0 spiro atoms. The standard InChI is InChI=1S/C19H30F2N2O3/c1-12(2)4-7-14(18(25)23-3)11-17(24)16(22)10-13-5-8-15(9-6-13)26-19(20)21/h5-6,8-9,12,14,16-17,19,24H,4,7,10-11,22H2,1-3H3,(H,23,25)/t14-,16+,17+/m1/s1. The van der Waals surface area contributed by atoms with Crippen LogP contribution in [-0.2, 0) is 11.2 Å². The summed E-state index contributed by atoms with van der Waals surface area (Å²) in [4.78, 5) is 12.0. The minimum Gasteiger partial charge on any atom is -0.435 e. The molecule has 1 aromatic rings. The van der Waals surface area contributed by atoms with E-state index in [9.17, 15) is 18.7 Å². The van der Waals surface area contributed by atoms with Crippen molar-refractivity contribution in [2.24, 2.45) is 17.6 Å². The molecule has 0 unspecified atom stereocenters. The number of aliphatic hydroxyl groups is 1. The van der Waals surface area contributed by atoms with Crippen LogP contribution in [0.4, 0.5) is 8.78 Å². The van der Waals surface area contributed by atoms with Crippen molar-refractivity contribution in [3.63, 3.8) is 0 Å². The lowest BCUT2D eigenvalue weighted by atomic mass is 9.88. The normalized spacial score (nSPS) is 15.0. The van der Waals surface area contributed by atoms with Crippen LogP contribution in [0.1, 0.15) is 38.7 Å². The number of nitrogens with one attached hydrogen (secondary N) is 1. The molecule has 1 amide bonds. The Morgan fingerprint density at radius 3 is 2.35 bits per heavy atom. The number of rotatable bonds is 11. The van der Waals surface area contributed by atoms with Gasteiger partial charge in [-0.15, -0.1) is 0 Å². The monoisotopic (exact) mass is 372 g/mol. The Hall–Kier alpha value is -1.73. The molecule has 7 heteroatoms. The van der Waals surface area contributed by atoms with E-state index in [0.717, 1.165) is 12.0 Å². The van der Waals surface area contributed by atoms with Crippen LogP contribution in [0.5, 0.6) is 5.75 Å². The lowest BCUT2D eigenvalue weighted by molar-refractivity contribution is -0.126. The minimum atomic E-state index is -2.86. The largest absolute Gasteiger partial charge is 0.435 e. The van der Waals surface area contributed by atoms with E-state index in [-0.39, 0.29) is 17.6 Å². The van der Waals surface area contributed by atoms with E-state index in [0.29, 0.717) is 25.2 Å². The van der Waals surface area contributed by atoms with Gasteiger partial charge in [0.1, 0.15) is 5.75 Å². The molecule has 0 heterocycles. The molecule has 148 valence electrons. The van der Waals surface area contributed by atoms with Crippen molar-refractivity contribution in [2.45, 2.75) is 58.3 Å². The van der Waals surface area contributed by atoms with E-state index in [4.69, 9.17) is 5.73 Å². The van der Waals surface area contributed by atoms with Crippen LogP contribution in [0, 0.1) is 11.8 Å². The van der Waals surface area contributed by atoms with Crippen LogP contribution in [0.3, 0.4) is 0 Å². The molecule has 26 heavy (non-hydrogen) atoms. The van der Waals surface area contributed by atoms with Gasteiger partial charge in [0.2, 0.25) is 5.91 Å². The molecule has 0 aliphatic rings. The first kappa shape index (κ1) is 22.3. The predicted molar refractivity (Wildman–Crippen MR) is 97.0 cm³/mol. The molecule has 0 bridgehead atoms. The molecule has 0 aliphatic heterocycles. The molecule has 1 aromatic carbocycles. The highest BCUT2D eigenvalue weighted by molar-refractivity contribution is 5.78. The summed E-state index contributed by atoms with van der Waals surface area (Å²) in [6, 6.07) is 5.61. The summed E-state index contributed by atoms with van der Waals surface area (Å²) in [7, 11) is 1.58. The zero-order chi connectivity index (χ0) is 19.7. The van der Waals surface area contributed by atoms with Crippen molar-refractivity contribution >= 4 is 5.91 Å². The van der Waals surface area contributed by atoms with Gasteiger partial charge >= 0.3 is 6.61 Å². The fraction of sp³-hybridized carbons (Fsp3) is 0.632. The summed E-state index contributed by atoms with van der Waals surface area (Å²) in [6.07, 6.45) is 1.43. The van der Waals surface area contributed by atoms with Crippen LogP contribution in [0.2, 0.25) is 0 Å². The molecule has 5 nitrogen and oxygen atoms in total. The van der Waals surface area contributed by atoms with Crippen molar-refractivity contribution < 1.29 is 23.4 Å². The van der Waals surface area contributed by atoms with Gasteiger partial charge in [0, 0.05) is 19.0 Å². The molecule has 0 saturated carbocycles. The lowest BCUT2D eigenvalue weighted by Crippen LogP contribution is -2.40. The van der Waals surface area contributed by atoms with E-state index in [1.54, 1.807) is 19.2 Å². The van der Waals surface area contributed by atoms with E-state index in [1.807, 2.05) is 0 Å². The summed E-state index contributed by atoms with van der Waals surface area (Å²) >= 11 is 0. The summed E-state index contributed by atoms with van der Waals surface area (Å²) in [6.45, 7) is 1.31. The summed E-state index contributed by atoms with van der Waals surface area (Å²) in [5.41, 5.74) is 6.88. The molecule has 1 rings (SSSR count). The SMILES string of the molecule is CNC(=O)[C@H](CCC(C)C)C[C@H](O)[C@@H](N)Cc1ccc(OC(F)F)cc1. The van der Waals surface area contributed by atoms with Gasteiger partial charge in [-0.1, -0.05) is 32.4 Å². The fourth-order valence-corrected chi connectivity index (χ4v) is 2.78. The zero-order valence-corrected chi connectivity index (χ0v) is 15.6. The molecule has 0 fully saturated rings. The topological polar surface area (TPSA) is 84.6 Å². The van der Waals surface area contributed by atoms with E-state index < -0.39 is 18.8 Å². The van der Waals surface area contributed by atoms with E-state index in [2.05, 4.69) is 23.9 Å². The number of alkyl halides is 2. The molecule has 0 radical (unpaired) electrons. The van der Waals surface area contributed by atoms with Crippen LogP contribution in [-0.4, -0.2) is 36.8 Å². The zero-order valence-electron chi connectivity index (χ0n) is 15.6. The minimum absolute atomic E-state index is 0.0752. The third kappa shape index (κ3) is 8.10. The van der Waals surface area contributed by atoms with Crippen molar-refractivity contribution in [1.29, 1.82) is 0 Å². The third-order valence-corrected chi connectivity index (χ3v) is 4.35. The van der Waals surface area contributed by atoms with Crippen LogP contribution < -0.4 is 15.8 Å². The average molecular weight is 372 g/mol. The number of hydrogen-bond donors (Lipinski definition) is 3. The maximum absolute atomic E-state index is 12.2. The Balaban J connectivity index is 2.61. The van der Waals surface area contributed by atoms with Gasteiger partial charge in [-0.2, -0.15) is 8.78 Å². The molecule has 0 aromatic heterocycles. The average Bonchev–Trinajstić information content (AvgIpc) is 2.58. The quantitative estimate of drug-likeness (QED) is 0.558. The first-order chi connectivity index (χ1) is 12.2. The van der Waals surface area contributed by atoms with Gasteiger partial charge in [-0.3, -0.25) is 4.79 Å². The molecule has 0 saturated heterocycles. The second-order valence-corrected chi connectivity index (χ2v) is 6.98. The summed E-state index contributed by atoms with van der Waals surface area (Å²) < 4.78 is 28.6. The number of carbonyl (C=O) groups is 1. The Labute approximate surface area is 153 Å². The first-order valence-electron chi connectivity index (χ1n) is 8.91. The second kappa shape index (κ2) is 11.1. The second-order valence-electron chi connectivity index (χ2n) is 6.98. The predicted octanol–water partition coefficient (Wildman–Crippen LogP) is 2.71. The summed E-state index contributed by atoms with van der Waals surface area (Å²) in [5.74, 6) is 0.170. The Morgan fingerprint density at radius 1 is 1.23 bits per heavy atom. The van der Waals surface area contributed by atoms with Crippen LogP contribution in [0.15, 0.2) is 24.3 Å². The highest BCUT2D eigenvalue weighted by Gasteiger charge is 2.25. The van der Waals surface area contributed by atoms with Crippen molar-refractivity contribution in [1.82, 2.24) is 5.32 Å². The molecule has 0 aliphatic carbocycles. The van der Waals surface area contributed by atoms with Gasteiger partial charge < -0.3 is 20.9 Å². The van der Waals surface area contributed by atoms with Crippen molar-refractivity contribution in [2.75, 3.05) is 7.05 Å².